The lowest BCUT2D eigenvalue weighted by atomic mass is 10.4. The Morgan fingerprint density at radius 1 is 1.40 bits per heavy atom. The number of nitrogens with zero attached hydrogens (tertiary/aromatic N) is 4. The lowest BCUT2D eigenvalue weighted by Crippen LogP contribution is -2.38. The predicted octanol–water partition coefficient (Wildman–Crippen LogP) is -1.68. The zero-order valence-corrected chi connectivity index (χ0v) is 11.3. The Hall–Kier alpha value is -2.34. The first-order chi connectivity index (χ1) is 9.38. The molecule has 0 fully saturated rings. The van der Waals surface area contributed by atoms with Gasteiger partial charge in [0.2, 0.25) is 15.0 Å². The van der Waals surface area contributed by atoms with E-state index in [2.05, 4.69) is 10.9 Å². The minimum atomic E-state index is -3.50. The number of hydrogen-bond acceptors (Lipinski definition) is 5. The van der Waals surface area contributed by atoms with Crippen molar-refractivity contribution in [2.45, 2.75) is 18.2 Å². The first kappa shape index (κ1) is 12.7. The van der Waals surface area contributed by atoms with E-state index in [1.165, 1.54) is 11.6 Å². The van der Waals surface area contributed by atoms with Crippen molar-refractivity contribution in [3.8, 4) is 12.3 Å². The van der Waals surface area contributed by atoms with Crippen LogP contribution in [0.5, 0.6) is 0 Å². The van der Waals surface area contributed by atoms with Crippen LogP contribution < -0.4 is 11.2 Å². The average molecular weight is 294 g/mol. The molecule has 0 spiro atoms. The lowest BCUT2D eigenvalue weighted by molar-refractivity contribution is 0.595. The predicted molar refractivity (Wildman–Crippen MR) is 70.1 cm³/mol. The second-order valence-corrected chi connectivity index (χ2v) is 6.48. The van der Waals surface area contributed by atoms with E-state index in [1.807, 2.05) is 0 Å². The number of aryl methyl sites for hydroxylation is 1. The van der Waals surface area contributed by atoms with E-state index in [0.717, 1.165) is 9.13 Å². The van der Waals surface area contributed by atoms with Gasteiger partial charge in [-0.25, -0.2) is 13.2 Å². The molecule has 0 saturated heterocycles. The van der Waals surface area contributed by atoms with Crippen LogP contribution in [0.1, 0.15) is 0 Å². The van der Waals surface area contributed by atoms with Crippen LogP contribution in [0.4, 0.5) is 0 Å². The summed E-state index contributed by atoms with van der Waals surface area (Å²) < 4.78 is 27.1. The Bertz CT molecular complexity index is 1000. The highest BCUT2D eigenvalue weighted by atomic mass is 32.2. The summed E-state index contributed by atoms with van der Waals surface area (Å²) in [5, 5.41) is -0.180. The van der Waals surface area contributed by atoms with Crippen LogP contribution in [0, 0.1) is 12.3 Å². The maximum atomic E-state index is 12.2. The molecule has 1 aliphatic rings. The summed E-state index contributed by atoms with van der Waals surface area (Å²) in [6.45, 7) is 0.0671. The average Bonchev–Trinajstić information content (AvgIpc) is 2.91. The first-order valence-corrected chi connectivity index (χ1v) is 7.40. The van der Waals surface area contributed by atoms with Crippen LogP contribution in [0.25, 0.3) is 11.2 Å². The van der Waals surface area contributed by atoms with Crippen molar-refractivity contribution in [3.05, 3.63) is 20.8 Å². The van der Waals surface area contributed by atoms with Gasteiger partial charge in [-0.05, 0) is 0 Å². The van der Waals surface area contributed by atoms with Crippen molar-refractivity contribution in [2.24, 2.45) is 7.05 Å². The highest BCUT2D eigenvalue weighted by molar-refractivity contribution is 7.91. The van der Waals surface area contributed by atoms with Crippen molar-refractivity contribution < 1.29 is 8.42 Å². The van der Waals surface area contributed by atoms with Gasteiger partial charge < -0.3 is 4.57 Å². The molecule has 0 atom stereocenters. The van der Waals surface area contributed by atoms with E-state index >= 15 is 0 Å². The van der Waals surface area contributed by atoms with Crippen molar-refractivity contribution in [2.75, 3.05) is 5.75 Å². The molecule has 9 heteroatoms. The number of terminal acetylenes is 1. The molecular weight excluding hydrogens is 284 g/mol. The zero-order chi connectivity index (χ0) is 14.7. The topological polar surface area (TPSA) is 96.0 Å². The maximum absolute atomic E-state index is 12.2. The van der Waals surface area contributed by atoms with Crippen molar-refractivity contribution in [3.63, 3.8) is 0 Å². The van der Waals surface area contributed by atoms with Gasteiger partial charge >= 0.3 is 5.69 Å². The Kier molecular flexibility index (Phi) is 2.43. The Morgan fingerprint density at radius 2 is 2.10 bits per heavy atom. The largest absolute Gasteiger partial charge is 0.333 e. The lowest BCUT2D eigenvalue weighted by Gasteiger charge is -2.06. The molecular formula is C11H10N4O4S. The van der Waals surface area contributed by atoms with E-state index < -0.39 is 21.1 Å². The number of hydrogen-bond donors (Lipinski definition) is 0. The molecule has 0 bridgehead atoms. The fourth-order valence-electron chi connectivity index (χ4n) is 2.32. The molecule has 1 aliphatic heterocycles. The third-order valence-corrected chi connectivity index (χ3v) is 4.89. The van der Waals surface area contributed by atoms with E-state index in [9.17, 15) is 18.0 Å². The van der Waals surface area contributed by atoms with Crippen LogP contribution >= 0.6 is 0 Å². The minimum absolute atomic E-state index is 0.0225. The molecule has 20 heavy (non-hydrogen) atoms. The van der Waals surface area contributed by atoms with Crippen molar-refractivity contribution in [1.82, 2.24) is 18.7 Å². The fraction of sp³-hybridized carbons (Fsp3) is 0.364. The van der Waals surface area contributed by atoms with Gasteiger partial charge in [-0.15, -0.1) is 6.42 Å². The molecule has 2 aromatic rings. The maximum Gasteiger partial charge on any atom is 0.333 e. The molecule has 0 amide bonds. The summed E-state index contributed by atoms with van der Waals surface area (Å²) in [5.74, 6) is 2.20. The van der Waals surface area contributed by atoms with Gasteiger partial charge in [0.05, 0.1) is 12.3 Å². The SMILES string of the molecule is C#CCn1c(=O)n(C)c(=O)c2c1nc1n2CCS1(=O)=O. The Labute approximate surface area is 113 Å². The summed E-state index contributed by atoms with van der Waals surface area (Å²) in [6, 6.07) is 0. The molecule has 3 rings (SSSR count). The standard InChI is InChI=1S/C11H10N4O4S/c1-3-4-15-8-7(9(16)13(2)11(15)17)14-5-6-20(18,19)10(14)12-8/h1H,4-6H2,2H3. The zero-order valence-electron chi connectivity index (χ0n) is 10.5. The molecule has 0 N–H and O–H groups in total. The molecule has 0 saturated carbocycles. The van der Waals surface area contributed by atoms with Gasteiger partial charge in [0.15, 0.2) is 11.2 Å². The molecule has 0 unspecified atom stereocenters. The van der Waals surface area contributed by atoms with Crippen LogP contribution in [0.3, 0.4) is 0 Å². The monoisotopic (exact) mass is 294 g/mol. The molecule has 3 heterocycles. The van der Waals surface area contributed by atoms with Gasteiger partial charge in [-0.2, -0.15) is 4.98 Å². The van der Waals surface area contributed by atoms with Gasteiger partial charge in [-0.1, -0.05) is 5.92 Å². The van der Waals surface area contributed by atoms with Crippen LogP contribution in [0.15, 0.2) is 14.7 Å². The summed E-state index contributed by atoms with van der Waals surface area (Å²) in [5.41, 5.74) is -1.07. The number of imidazole rings is 1. The molecule has 2 aromatic heterocycles. The minimum Gasteiger partial charge on any atom is -0.308 e. The Morgan fingerprint density at radius 3 is 2.75 bits per heavy atom. The highest BCUT2D eigenvalue weighted by Gasteiger charge is 2.33. The van der Waals surface area contributed by atoms with Gasteiger partial charge in [-0.3, -0.25) is 13.9 Å². The van der Waals surface area contributed by atoms with Crippen molar-refractivity contribution >= 4 is 21.0 Å². The highest BCUT2D eigenvalue weighted by Crippen LogP contribution is 2.22. The van der Waals surface area contributed by atoms with E-state index in [0.29, 0.717) is 0 Å². The molecule has 0 aromatic carbocycles. The molecule has 8 nitrogen and oxygen atoms in total. The van der Waals surface area contributed by atoms with Crippen LogP contribution in [-0.2, 0) is 30.0 Å². The third-order valence-electron chi connectivity index (χ3n) is 3.31. The number of fused-ring (bicyclic) bond motifs is 3. The summed E-state index contributed by atoms with van der Waals surface area (Å²) in [7, 11) is -2.18. The van der Waals surface area contributed by atoms with Gasteiger partial charge in [0.25, 0.3) is 5.56 Å². The summed E-state index contributed by atoms with van der Waals surface area (Å²) in [6.07, 6.45) is 5.20. The fourth-order valence-corrected chi connectivity index (χ4v) is 3.67. The summed E-state index contributed by atoms with van der Waals surface area (Å²) >= 11 is 0. The van der Waals surface area contributed by atoms with E-state index in [-0.39, 0.29) is 35.2 Å². The number of sulfone groups is 1. The second-order valence-electron chi connectivity index (χ2n) is 4.47. The van der Waals surface area contributed by atoms with Crippen LogP contribution in [-0.4, -0.2) is 32.9 Å². The molecule has 104 valence electrons. The summed E-state index contributed by atoms with van der Waals surface area (Å²) in [4.78, 5) is 28.1. The van der Waals surface area contributed by atoms with Crippen LogP contribution in [0.2, 0.25) is 0 Å². The molecule has 0 radical (unpaired) electrons. The number of aromatic nitrogens is 4. The van der Waals surface area contributed by atoms with Crippen molar-refractivity contribution in [1.29, 1.82) is 0 Å². The normalized spacial score (nSPS) is 16.2. The Balaban J connectivity index is 2.59. The number of rotatable bonds is 1. The molecule has 0 aliphatic carbocycles. The smallest absolute Gasteiger partial charge is 0.308 e. The van der Waals surface area contributed by atoms with Gasteiger partial charge in [0, 0.05) is 13.6 Å². The second kappa shape index (κ2) is 3.83. The third kappa shape index (κ3) is 1.42. The van der Waals surface area contributed by atoms with E-state index in [1.54, 1.807) is 0 Å². The quantitative estimate of drug-likeness (QED) is 0.585. The first-order valence-electron chi connectivity index (χ1n) is 5.75. The van der Waals surface area contributed by atoms with Gasteiger partial charge in [0.1, 0.15) is 0 Å². The van der Waals surface area contributed by atoms with E-state index in [4.69, 9.17) is 6.42 Å².